The van der Waals surface area contributed by atoms with Crippen LogP contribution in [-0.2, 0) is 4.79 Å². The quantitative estimate of drug-likeness (QED) is 0.486. The molecule has 0 fully saturated rings. The van der Waals surface area contributed by atoms with Crippen LogP contribution >= 0.6 is 11.8 Å². The van der Waals surface area contributed by atoms with Gasteiger partial charge in [-0.2, -0.15) is 5.26 Å². The largest absolute Gasteiger partial charge is 0.382 e. The second-order valence-corrected chi connectivity index (χ2v) is 6.26. The van der Waals surface area contributed by atoms with Gasteiger partial charge in [0, 0.05) is 11.3 Å². The Bertz CT molecular complexity index is 831. The molecule has 1 atom stereocenters. The molecule has 0 aliphatic heterocycles. The molecule has 0 bridgehead atoms. The van der Waals surface area contributed by atoms with E-state index < -0.39 is 5.25 Å². The number of nitrogens with one attached hydrogen (secondary N) is 1. The molecule has 1 aromatic carbocycles. The predicted molar refractivity (Wildman–Crippen MR) is 91.6 cm³/mol. The molecule has 3 N–H and O–H groups in total. The summed E-state index contributed by atoms with van der Waals surface area (Å²) in [6.07, 6.45) is 1.33. The van der Waals surface area contributed by atoms with Crippen LogP contribution in [0.15, 0.2) is 35.6 Å². The molecule has 1 heterocycles. The molecule has 122 valence electrons. The molecular weight excluding hydrogens is 326 g/mol. The van der Waals surface area contributed by atoms with Crippen LogP contribution in [0.3, 0.4) is 0 Å². The zero-order chi connectivity index (χ0) is 17.7. The van der Waals surface area contributed by atoms with Crippen molar-refractivity contribution in [3.05, 3.63) is 41.6 Å². The van der Waals surface area contributed by atoms with Gasteiger partial charge in [0.1, 0.15) is 17.5 Å². The predicted octanol–water partition coefficient (Wildman–Crippen LogP) is 2.25. The number of hydrogen-bond donors (Lipinski definition) is 2. The van der Waals surface area contributed by atoms with Gasteiger partial charge in [0.2, 0.25) is 5.91 Å². The van der Waals surface area contributed by atoms with E-state index in [9.17, 15) is 9.59 Å². The zero-order valence-corrected chi connectivity index (χ0v) is 13.9. The molecule has 0 unspecified atom stereocenters. The molecule has 2 aromatic rings. The van der Waals surface area contributed by atoms with Crippen molar-refractivity contribution in [2.45, 2.75) is 24.3 Å². The molecule has 8 heteroatoms. The van der Waals surface area contributed by atoms with Crippen LogP contribution in [-0.4, -0.2) is 26.9 Å². The summed E-state index contributed by atoms with van der Waals surface area (Å²) in [4.78, 5) is 31.6. The van der Waals surface area contributed by atoms with Crippen LogP contribution in [0.4, 0.5) is 11.5 Å². The summed E-state index contributed by atoms with van der Waals surface area (Å²) < 4.78 is 0. The molecule has 0 aliphatic rings. The van der Waals surface area contributed by atoms with Crippen LogP contribution in [0.1, 0.15) is 29.8 Å². The third-order valence-corrected chi connectivity index (χ3v) is 4.08. The Morgan fingerprint density at radius 1 is 1.42 bits per heavy atom. The van der Waals surface area contributed by atoms with Gasteiger partial charge >= 0.3 is 0 Å². The van der Waals surface area contributed by atoms with Gasteiger partial charge in [0.15, 0.2) is 10.9 Å². The number of carbonyl (C=O) groups excluding carboxylic acids is 2. The van der Waals surface area contributed by atoms with Crippen molar-refractivity contribution < 1.29 is 9.59 Å². The number of anilines is 2. The molecule has 1 aromatic heterocycles. The molecule has 0 aliphatic carbocycles. The van der Waals surface area contributed by atoms with E-state index in [2.05, 4.69) is 15.3 Å². The first-order valence-corrected chi connectivity index (χ1v) is 7.90. The first-order chi connectivity index (χ1) is 11.4. The summed E-state index contributed by atoms with van der Waals surface area (Å²) in [5.41, 5.74) is 6.89. The summed E-state index contributed by atoms with van der Waals surface area (Å²) in [5.74, 6) is -0.251. The van der Waals surface area contributed by atoms with Gasteiger partial charge in [-0.15, -0.1) is 0 Å². The van der Waals surface area contributed by atoms with Crippen molar-refractivity contribution >= 4 is 35.0 Å². The smallest absolute Gasteiger partial charge is 0.237 e. The normalized spacial score (nSPS) is 11.4. The molecule has 0 saturated heterocycles. The van der Waals surface area contributed by atoms with Gasteiger partial charge in [-0.25, -0.2) is 9.97 Å². The molecule has 24 heavy (non-hydrogen) atoms. The lowest BCUT2D eigenvalue weighted by molar-refractivity contribution is -0.115. The van der Waals surface area contributed by atoms with Crippen molar-refractivity contribution in [3.8, 4) is 6.07 Å². The van der Waals surface area contributed by atoms with Crippen LogP contribution < -0.4 is 11.1 Å². The van der Waals surface area contributed by atoms with E-state index in [1.165, 1.54) is 13.1 Å². The summed E-state index contributed by atoms with van der Waals surface area (Å²) in [6.45, 7) is 3.17. The maximum absolute atomic E-state index is 12.2. The van der Waals surface area contributed by atoms with Crippen molar-refractivity contribution in [1.82, 2.24) is 9.97 Å². The first-order valence-electron chi connectivity index (χ1n) is 7.02. The lowest BCUT2D eigenvalue weighted by Crippen LogP contribution is -2.22. The van der Waals surface area contributed by atoms with E-state index in [4.69, 9.17) is 11.0 Å². The Morgan fingerprint density at radius 3 is 2.79 bits per heavy atom. The maximum Gasteiger partial charge on any atom is 0.237 e. The highest BCUT2D eigenvalue weighted by atomic mass is 32.2. The highest BCUT2D eigenvalue weighted by Gasteiger charge is 2.17. The lowest BCUT2D eigenvalue weighted by atomic mass is 10.1. The topological polar surface area (TPSA) is 122 Å². The average molecular weight is 341 g/mol. The van der Waals surface area contributed by atoms with E-state index in [1.807, 2.05) is 6.07 Å². The fourth-order valence-electron chi connectivity index (χ4n) is 1.79. The zero-order valence-electron chi connectivity index (χ0n) is 13.1. The van der Waals surface area contributed by atoms with Crippen LogP contribution in [0.5, 0.6) is 0 Å². The number of aromatic nitrogens is 2. The second kappa shape index (κ2) is 7.57. The van der Waals surface area contributed by atoms with Crippen molar-refractivity contribution in [3.63, 3.8) is 0 Å². The number of Topliss-reactive ketones (excluding diaryl/α,β-unsaturated/α-hetero) is 1. The number of benzene rings is 1. The highest BCUT2D eigenvalue weighted by molar-refractivity contribution is 8.00. The summed E-state index contributed by atoms with van der Waals surface area (Å²) in [7, 11) is 0. The molecule has 0 spiro atoms. The molecular formula is C16H15N5O2S. The van der Waals surface area contributed by atoms with Gasteiger partial charge in [-0.1, -0.05) is 23.9 Å². The summed E-state index contributed by atoms with van der Waals surface area (Å²) in [5, 5.41) is 11.4. The highest BCUT2D eigenvalue weighted by Crippen LogP contribution is 2.22. The fourth-order valence-corrected chi connectivity index (χ4v) is 2.54. The van der Waals surface area contributed by atoms with Gasteiger partial charge in [-0.05, 0) is 26.0 Å². The fraction of sp³-hybridized carbons (Fsp3) is 0.188. The Morgan fingerprint density at radius 2 is 2.17 bits per heavy atom. The summed E-state index contributed by atoms with van der Waals surface area (Å²) in [6, 6.07) is 8.59. The number of nitrogens with zero attached hydrogens (tertiary/aromatic N) is 3. The number of thioether (sulfide) groups is 1. The number of hydrogen-bond acceptors (Lipinski definition) is 7. The van der Waals surface area contributed by atoms with E-state index >= 15 is 0 Å². The SMILES string of the molecule is CC(=O)c1cccc(NC(=O)[C@H](C)Sc2ncc(C#N)c(N)n2)c1. The van der Waals surface area contributed by atoms with Gasteiger partial charge < -0.3 is 11.1 Å². The Kier molecular flexibility index (Phi) is 5.50. The van der Waals surface area contributed by atoms with Gasteiger partial charge in [0.05, 0.1) is 11.4 Å². The number of rotatable bonds is 5. The van der Waals surface area contributed by atoms with Crippen LogP contribution in [0.25, 0.3) is 0 Å². The van der Waals surface area contributed by atoms with E-state index in [1.54, 1.807) is 31.2 Å². The Labute approximate surface area is 143 Å². The molecule has 1 amide bonds. The average Bonchev–Trinajstić information content (AvgIpc) is 2.55. The lowest BCUT2D eigenvalue weighted by Gasteiger charge is -2.12. The number of ketones is 1. The van der Waals surface area contributed by atoms with Crippen LogP contribution in [0, 0.1) is 11.3 Å². The standard InChI is InChI=1S/C16H15N5O2S/c1-9(22)11-4-3-5-13(6-11)20-15(23)10(2)24-16-19-8-12(7-17)14(18)21-16/h3-6,8,10H,1-2H3,(H,20,23)(H2,18,19,21)/t10-/m0/s1. The Hall–Kier alpha value is -2.92. The van der Waals surface area contributed by atoms with Crippen molar-refractivity contribution in [2.75, 3.05) is 11.1 Å². The Balaban J connectivity index is 2.05. The number of carbonyl (C=O) groups is 2. The second-order valence-electron chi connectivity index (χ2n) is 4.95. The number of nitrogens with two attached hydrogens (primary N) is 1. The van der Waals surface area contributed by atoms with E-state index in [-0.39, 0.29) is 23.1 Å². The number of amides is 1. The first kappa shape index (κ1) is 17.4. The molecule has 0 radical (unpaired) electrons. The molecule has 0 saturated carbocycles. The third kappa shape index (κ3) is 4.30. The number of nitriles is 1. The minimum Gasteiger partial charge on any atom is -0.382 e. The molecule has 7 nitrogen and oxygen atoms in total. The maximum atomic E-state index is 12.2. The summed E-state index contributed by atoms with van der Waals surface area (Å²) >= 11 is 1.12. The van der Waals surface area contributed by atoms with E-state index in [0.29, 0.717) is 16.4 Å². The van der Waals surface area contributed by atoms with Gasteiger partial charge in [-0.3, -0.25) is 9.59 Å². The van der Waals surface area contributed by atoms with E-state index in [0.717, 1.165) is 11.8 Å². The monoisotopic (exact) mass is 341 g/mol. The van der Waals surface area contributed by atoms with Gasteiger partial charge in [0.25, 0.3) is 0 Å². The number of nitrogen functional groups attached to an aromatic ring is 1. The molecule has 2 rings (SSSR count). The van der Waals surface area contributed by atoms with Crippen LogP contribution in [0.2, 0.25) is 0 Å². The minimum atomic E-state index is -0.488. The van der Waals surface area contributed by atoms with Crippen molar-refractivity contribution in [1.29, 1.82) is 5.26 Å². The third-order valence-electron chi connectivity index (χ3n) is 3.10. The minimum absolute atomic E-state index is 0.0741. The van der Waals surface area contributed by atoms with Crippen molar-refractivity contribution in [2.24, 2.45) is 0 Å².